The third kappa shape index (κ3) is 4.70. The molecule has 3 aromatic rings. The average molecular weight is 336 g/mol. The van der Waals surface area contributed by atoms with Crippen molar-refractivity contribution < 1.29 is 13.9 Å². The third-order valence-corrected chi connectivity index (χ3v) is 3.93. The lowest BCUT2D eigenvalue weighted by Crippen LogP contribution is -2.23. The van der Waals surface area contributed by atoms with Gasteiger partial charge in [-0.15, -0.1) is 0 Å². The van der Waals surface area contributed by atoms with Crippen LogP contribution in [-0.4, -0.2) is 18.0 Å². The van der Waals surface area contributed by atoms with E-state index in [1.165, 1.54) is 0 Å². The van der Waals surface area contributed by atoms with Gasteiger partial charge in [-0.05, 0) is 41.8 Å². The normalized spacial score (nSPS) is 10.4. The number of amides is 1. The smallest absolute Gasteiger partial charge is 0.220 e. The first-order chi connectivity index (χ1) is 12.2. The molecule has 25 heavy (non-hydrogen) atoms. The minimum atomic E-state index is 0.0229. The lowest BCUT2D eigenvalue weighted by atomic mass is 10.1. The van der Waals surface area contributed by atoms with Crippen molar-refractivity contribution in [1.82, 2.24) is 10.3 Å². The largest absolute Gasteiger partial charge is 0.497 e. The van der Waals surface area contributed by atoms with Gasteiger partial charge in [-0.1, -0.05) is 18.2 Å². The van der Waals surface area contributed by atoms with E-state index >= 15 is 0 Å². The second-order valence-electron chi connectivity index (χ2n) is 5.69. The number of carbonyl (C=O) groups is 1. The van der Waals surface area contributed by atoms with Gasteiger partial charge in [-0.3, -0.25) is 9.78 Å². The Balaban J connectivity index is 1.45. The number of rotatable bonds is 7. The zero-order valence-electron chi connectivity index (χ0n) is 14.1. The lowest BCUT2D eigenvalue weighted by molar-refractivity contribution is -0.121. The van der Waals surface area contributed by atoms with Crippen molar-refractivity contribution >= 4 is 5.91 Å². The van der Waals surface area contributed by atoms with Crippen molar-refractivity contribution in [2.75, 3.05) is 7.11 Å². The SMILES string of the molecule is COc1ccc(CCC(=O)NCc2ccc(-c3ccoc3)nc2)cc1. The summed E-state index contributed by atoms with van der Waals surface area (Å²) in [6.45, 7) is 0.472. The molecule has 0 aliphatic carbocycles. The van der Waals surface area contributed by atoms with Crippen LogP contribution in [0.2, 0.25) is 0 Å². The Morgan fingerprint density at radius 2 is 1.92 bits per heavy atom. The van der Waals surface area contributed by atoms with Crippen molar-refractivity contribution in [2.45, 2.75) is 19.4 Å². The number of hydrogen-bond donors (Lipinski definition) is 1. The topological polar surface area (TPSA) is 64.4 Å². The molecule has 0 atom stereocenters. The summed E-state index contributed by atoms with van der Waals surface area (Å²) in [6.07, 6.45) is 6.20. The van der Waals surface area contributed by atoms with Crippen LogP contribution in [0.4, 0.5) is 0 Å². The number of pyridine rings is 1. The van der Waals surface area contributed by atoms with Crippen LogP contribution >= 0.6 is 0 Å². The fourth-order valence-electron chi connectivity index (χ4n) is 2.45. The van der Waals surface area contributed by atoms with Crippen LogP contribution in [0.15, 0.2) is 65.6 Å². The maximum Gasteiger partial charge on any atom is 0.220 e. The molecule has 0 radical (unpaired) electrons. The van der Waals surface area contributed by atoms with Gasteiger partial charge in [0.25, 0.3) is 0 Å². The van der Waals surface area contributed by atoms with Crippen LogP contribution in [0.3, 0.4) is 0 Å². The van der Waals surface area contributed by atoms with Gasteiger partial charge in [0, 0.05) is 24.7 Å². The molecular formula is C20H20N2O3. The zero-order valence-corrected chi connectivity index (χ0v) is 14.1. The van der Waals surface area contributed by atoms with Crippen molar-refractivity contribution in [3.63, 3.8) is 0 Å². The summed E-state index contributed by atoms with van der Waals surface area (Å²) in [5.41, 5.74) is 3.87. The van der Waals surface area contributed by atoms with Crippen molar-refractivity contribution in [2.24, 2.45) is 0 Å². The molecule has 0 aliphatic rings. The Morgan fingerprint density at radius 1 is 1.12 bits per heavy atom. The predicted molar refractivity (Wildman–Crippen MR) is 95.1 cm³/mol. The van der Waals surface area contributed by atoms with Crippen molar-refractivity contribution in [3.05, 3.63) is 72.3 Å². The summed E-state index contributed by atoms with van der Waals surface area (Å²) in [5.74, 6) is 0.842. The molecule has 0 spiro atoms. The number of nitrogens with zero attached hydrogens (tertiary/aromatic N) is 1. The highest BCUT2D eigenvalue weighted by Gasteiger charge is 2.04. The quantitative estimate of drug-likeness (QED) is 0.716. The van der Waals surface area contributed by atoms with E-state index in [4.69, 9.17) is 9.15 Å². The first-order valence-electron chi connectivity index (χ1n) is 8.12. The highest BCUT2D eigenvalue weighted by Crippen LogP contribution is 2.17. The molecule has 0 saturated heterocycles. The van der Waals surface area contributed by atoms with E-state index in [9.17, 15) is 4.79 Å². The number of aryl methyl sites for hydroxylation is 1. The van der Waals surface area contributed by atoms with E-state index in [1.807, 2.05) is 42.5 Å². The van der Waals surface area contributed by atoms with Crippen LogP contribution in [0.1, 0.15) is 17.5 Å². The standard InChI is InChI=1S/C20H20N2O3/c1-24-18-6-2-15(3-7-18)5-9-20(23)22-13-16-4-8-19(21-12-16)17-10-11-25-14-17/h2-4,6-8,10-12,14H,5,9,13H2,1H3,(H,22,23). The van der Waals surface area contributed by atoms with Gasteiger partial charge < -0.3 is 14.5 Å². The monoisotopic (exact) mass is 336 g/mol. The van der Waals surface area contributed by atoms with Gasteiger partial charge in [-0.25, -0.2) is 0 Å². The minimum Gasteiger partial charge on any atom is -0.497 e. The molecule has 5 nitrogen and oxygen atoms in total. The molecule has 0 aliphatic heterocycles. The number of nitrogens with one attached hydrogen (secondary N) is 1. The Hall–Kier alpha value is -3.08. The van der Waals surface area contributed by atoms with Crippen LogP contribution in [0.25, 0.3) is 11.3 Å². The number of ether oxygens (including phenoxy) is 1. The van der Waals surface area contributed by atoms with Crippen molar-refractivity contribution in [3.8, 4) is 17.0 Å². The molecule has 128 valence electrons. The van der Waals surface area contributed by atoms with Crippen LogP contribution in [0.5, 0.6) is 5.75 Å². The third-order valence-electron chi connectivity index (χ3n) is 3.93. The van der Waals surface area contributed by atoms with E-state index < -0.39 is 0 Å². The summed E-state index contributed by atoms with van der Waals surface area (Å²) >= 11 is 0. The highest BCUT2D eigenvalue weighted by molar-refractivity contribution is 5.76. The summed E-state index contributed by atoms with van der Waals surface area (Å²) in [6, 6.07) is 13.5. The fraction of sp³-hybridized carbons (Fsp3) is 0.200. The van der Waals surface area contributed by atoms with E-state index in [0.717, 1.165) is 28.1 Å². The van der Waals surface area contributed by atoms with Gasteiger partial charge >= 0.3 is 0 Å². The van der Waals surface area contributed by atoms with Crippen molar-refractivity contribution in [1.29, 1.82) is 0 Å². The number of hydrogen-bond acceptors (Lipinski definition) is 4. The number of aromatic nitrogens is 1. The average Bonchev–Trinajstić information content (AvgIpc) is 3.20. The van der Waals surface area contributed by atoms with Gasteiger partial charge in [0.1, 0.15) is 5.75 Å². The zero-order chi connectivity index (χ0) is 17.5. The van der Waals surface area contributed by atoms with E-state index in [0.29, 0.717) is 19.4 Å². The molecule has 0 unspecified atom stereocenters. The van der Waals surface area contributed by atoms with Crippen LogP contribution in [-0.2, 0) is 17.8 Å². The minimum absolute atomic E-state index is 0.0229. The molecule has 5 heteroatoms. The van der Waals surface area contributed by atoms with Gasteiger partial charge in [-0.2, -0.15) is 0 Å². The predicted octanol–water partition coefficient (Wildman–Crippen LogP) is 3.60. The molecule has 2 aromatic heterocycles. The number of benzene rings is 1. The lowest BCUT2D eigenvalue weighted by Gasteiger charge is -2.06. The molecule has 0 bridgehead atoms. The number of carbonyl (C=O) groups excluding carboxylic acids is 1. The van der Waals surface area contributed by atoms with Gasteiger partial charge in [0.05, 0.1) is 25.3 Å². The Kier molecular flexibility index (Phi) is 5.46. The second-order valence-corrected chi connectivity index (χ2v) is 5.69. The van der Waals surface area contributed by atoms with Crippen LogP contribution in [0, 0.1) is 0 Å². The first-order valence-corrected chi connectivity index (χ1v) is 8.12. The number of furan rings is 1. The first kappa shape index (κ1) is 16.8. The highest BCUT2D eigenvalue weighted by atomic mass is 16.5. The van der Waals surface area contributed by atoms with E-state index in [-0.39, 0.29) is 5.91 Å². The molecule has 1 N–H and O–H groups in total. The molecule has 2 heterocycles. The summed E-state index contributed by atoms with van der Waals surface area (Å²) in [4.78, 5) is 16.4. The van der Waals surface area contributed by atoms with E-state index in [2.05, 4.69) is 10.3 Å². The second kappa shape index (κ2) is 8.15. The Morgan fingerprint density at radius 3 is 2.56 bits per heavy atom. The van der Waals surface area contributed by atoms with Crippen LogP contribution < -0.4 is 10.1 Å². The summed E-state index contributed by atoms with van der Waals surface area (Å²) in [7, 11) is 1.64. The molecule has 1 amide bonds. The molecule has 3 rings (SSSR count). The van der Waals surface area contributed by atoms with Gasteiger partial charge in [0.2, 0.25) is 5.91 Å². The van der Waals surface area contributed by atoms with Gasteiger partial charge in [0.15, 0.2) is 0 Å². The molecule has 0 saturated carbocycles. The van der Waals surface area contributed by atoms with E-state index in [1.54, 1.807) is 25.8 Å². The summed E-state index contributed by atoms with van der Waals surface area (Å²) < 4.78 is 10.2. The molecule has 1 aromatic carbocycles. The Bertz CT molecular complexity index is 794. The Labute approximate surface area is 146 Å². The summed E-state index contributed by atoms with van der Waals surface area (Å²) in [5, 5.41) is 2.92. The molecular weight excluding hydrogens is 316 g/mol. The maximum atomic E-state index is 12.0. The maximum absolute atomic E-state index is 12.0. The fourth-order valence-corrected chi connectivity index (χ4v) is 2.45. The molecule has 0 fully saturated rings. The number of methoxy groups -OCH3 is 1.